The van der Waals surface area contributed by atoms with Crippen LogP contribution in [0.4, 0.5) is 4.79 Å². The third-order valence-corrected chi connectivity index (χ3v) is 2.39. The Morgan fingerprint density at radius 3 is 2.31 bits per heavy atom. The highest BCUT2D eigenvalue weighted by atomic mass is 16.4. The minimum atomic E-state index is -0.868. The number of rotatable bonds is 4. The van der Waals surface area contributed by atoms with Crippen LogP contribution < -0.4 is 10.6 Å². The summed E-state index contributed by atoms with van der Waals surface area (Å²) in [5.74, 6) is -0.533. The van der Waals surface area contributed by atoms with Crippen LogP contribution in [0.1, 0.15) is 40.0 Å². The molecule has 0 aromatic heterocycles. The topological polar surface area (TPSA) is 78.4 Å². The van der Waals surface area contributed by atoms with Gasteiger partial charge in [0.1, 0.15) is 0 Å². The van der Waals surface area contributed by atoms with Gasteiger partial charge in [0.05, 0.1) is 6.42 Å². The van der Waals surface area contributed by atoms with Crippen molar-refractivity contribution in [3.63, 3.8) is 0 Å². The number of amides is 2. The Balaban J connectivity index is 2.42. The molecule has 1 fully saturated rings. The Morgan fingerprint density at radius 1 is 1.38 bits per heavy atom. The maximum Gasteiger partial charge on any atom is 0.315 e. The zero-order valence-corrected chi connectivity index (χ0v) is 10.0. The fraction of sp³-hybridized carbons (Fsp3) is 0.818. The summed E-state index contributed by atoms with van der Waals surface area (Å²) in [6.07, 6.45) is 2.02. The number of carboxylic acids is 1. The molecular formula is C11H20N2O3. The van der Waals surface area contributed by atoms with Crippen molar-refractivity contribution in [2.45, 2.75) is 51.6 Å². The minimum absolute atomic E-state index is 0.00221. The van der Waals surface area contributed by atoms with Crippen molar-refractivity contribution in [3.05, 3.63) is 0 Å². The van der Waals surface area contributed by atoms with Crippen molar-refractivity contribution in [2.75, 3.05) is 0 Å². The van der Waals surface area contributed by atoms with E-state index in [-0.39, 0.29) is 24.0 Å². The lowest BCUT2D eigenvalue weighted by atomic mass is 10.1. The molecule has 0 aromatic carbocycles. The lowest BCUT2D eigenvalue weighted by Crippen LogP contribution is -2.50. The maximum absolute atomic E-state index is 11.6. The lowest BCUT2D eigenvalue weighted by molar-refractivity contribution is -0.137. The van der Waals surface area contributed by atoms with E-state index in [1.54, 1.807) is 0 Å². The second-order valence-corrected chi connectivity index (χ2v) is 5.39. The molecule has 1 aliphatic carbocycles. The number of carbonyl (C=O) groups excluding carboxylic acids is 1. The van der Waals surface area contributed by atoms with E-state index in [4.69, 9.17) is 5.11 Å². The predicted octanol–water partition coefficient (Wildman–Crippen LogP) is 1.34. The van der Waals surface area contributed by atoms with E-state index in [0.717, 1.165) is 12.8 Å². The van der Waals surface area contributed by atoms with Gasteiger partial charge in [-0.3, -0.25) is 4.79 Å². The smallest absolute Gasteiger partial charge is 0.315 e. The molecule has 5 heteroatoms. The Hall–Kier alpha value is -1.26. The van der Waals surface area contributed by atoms with Crippen LogP contribution >= 0.6 is 0 Å². The lowest BCUT2D eigenvalue weighted by Gasteiger charge is -2.23. The third kappa shape index (κ3) is 5.00. The number of carboxylic acid groups (broad SMARTS) is 1. The van der Waals surface area contributed by atoms with Gasteiger partial charge in [-0.2, -0.15) is 0 Å². The third-order valence-electron chi connectivity index (χ3n) is 2.39. The molecule has 2 amide bonds. The van der Waals surface area contributed by atoms with Crippen molar-refractivity contribution in [1.29, 1.82) is 0 Å². The average molecular weight is 228 g/mol. The van der Waals surface area contributed by atoms with Gasteiger partial charge in [-0.05, 0) is 39.5 Å². The molecule has 1 saturated carbocycles. The Morgan fingerprint density at radius 2 is 1.94 bits per heavy atom. The molecule has 5 nitrogen and oxygen atoms in total. The van der Waals surface area contributed by atoms with E-state index in [0.29, 0.717) is 5.92 Å². The first-order chi connectivity index (χ1) is 7.28. The second kappa shape index (κ2) is 4.72. The van der Waals surface area contributed by atoms with Crippen molar-refractivity contribution in [3.8, 4) is 0 Å². The first-order valence-electron chi connectivity index (χ1n) is 5.58. The van der Waals surface area contributed by atoms with Gasteiger partial charge in [0.2, 0.25) is 0 Å². The molecule has 0 saturated heterocycles. The molecule has 0 heterocycles. The van der Waals surface area contributed by atoms with Gasteiger partial charge in [0.15, 0.2) is 0 Å². The summed E-state index contributed by atoms with van der Waals surface area (Å²) in [6, 6.07) is -0.523. The summed E-state index contributed by atoms with van der Waals surface area (Å²) in [5.41, 5.74) is -0.304. The molecule has 0 spiro atoms. The van der Waals surface area contributed by atoms with Gasteiger partial charge in [0.25, 0.3) is 0 Å². The molecule has 0 bridgehead atoms. The summed E-state index contributed by atoms with van der Waals surface area (Å²) >= 11 is 0. The summed E-state index contributed by atoms with van der Waals surface area (Å²) < 4.78 is 0. The van der Waals surface area contributed by atoms with E-state index < -0.39 is 5.97 Å². The Labute approximate surface area is 95.6 Å². The number of carbonyl (C=O) groups is 2. The molecule has 0 aliphatic heterocycles. The molecule has 1 unspecified atom stereocenters. The van der Waals surface area contributed by atoms with Crippen LogP contribution in [0.2, 0.25) is 0 Å². The highest BCUT2D eigenvalue weighted by Crippen LogP contribution is 2.33. The normalized spacial score (nSPS) is 17.7. The van der Waals surface area contributed by atoms with Gasteiger partial charge in [-0.25, -0.2) is 4.79 Å². The van der Waals surface area contributed by atoms with E-state index >= 15 is 0 Å². The number of hydrogen-bond donors (Lipinski definition) is 3. The van der Waals surface area contributed by atoms with E-state index in [9.17, 15) is 9.59 Å². The number of nitrogens with one attached hydrogen (secondary N) is 2. The van der Waals surface area contributed by atoms with Crippen LogP contribution in [-0.4, -0.2) is 28.7 Å². The number of hydrogen-bond acceptors (Lipinski definition) is 2. The fourth-order valence-corrected chi connectivity index (χ4v) is 1.57. The quantitative estimate of drug-likeness (QED) is 0.679. The highest BCUT2D eigenvalue weighted by Gasteiger charge is 2.34. The Bertz CT molecular complexity index is 279. The molecule has 1 aliphatic rings. The number of aliphatic carboxylic acids is 1. The monoisotopic (exact) mass is 228 g/mol. The zero-order chi connectivity index (χ0) is 12.3. The van der Waals surface area contributed by atoms with E-state index in [2.05, 4.69) is 10.6 Å². The zero-order valence-electron chi connectivity index (χ0n) is 10.0. The predicted molar refractivity (Wildman–Crippen MR) is 60.2 cm³/mol. The van der Waals surface area contributed by atoms with Crippen LogP contribution in [0, 0.1) is 5.92 Å². The minimum Gasteiger partial charge on any atom is -0.481 e. The average Bonchev–Trinajstić information content (AvgIpc) is 2.78. The highest BCUT2D eigenvalue weighted by molar-refractivity contribution is 5.76. The molecule has 0 aromatic rings. The number of urea groups is 1. The van der Waals surface area contributed by atoms with Crippen LogP contribution in [0.5, 0.6) is 0 Å². The molecule has 92 valence electrons. The van der Waals surface area contributed by atoms with Crippen LogP contribution in [0.3, 0.4) is 0 Å². The summed E-state index contributed by atoms with van der Waals surface area (Å²) in [5, 5.41) is 14.2. The molecule has 1 rings (SSSR count). The summed E-state index contributed by atoms with van der Waals surface area (Å²) in [7, 11) is 0. The van der Waals surface area contributed by atoms with Gasteiger partial charge < -0.3 is 15.7 Å². The molecular weight excluding hydrogens is 208 g/mol. The molecule has 3 N–H and O–H groups in total. The SMILES string of the molecule is CC(C)(C)NC(=O)NC(CC(=O)O)C1CC1. The second-order valence-electron chi connectivity index (χ2n) is 5.39. The van der Waals surface area contributed by atoms with Crippen LogP contribution in [0.25, 0.3) is 0 Å². The van der Waals surface area contributed by atoms with Crippen molar-refractivity contribution in [2.24, 2.45) is 5.92 Å². The van der Waals surface area contributed by atoms with Gasteiger partial charge >= 0.3 is 12.0 Å². The summed E-state index contributed by atoms with van der Waals surface area (Å²) in [6.45, 7) is 5.65. The van der Waals surface area contributed by atoms with Gasteiger partial charge in [0, 0.05) is 11.6 Å². The Kier molecular flexibility index (Phi) is 3.78. The van der Waals surface area contributed by atoms with E-state index in [1.807, 2.05) is 20.8 Å². The first-order valence-corrected chi connectivity index (χ1v) is 5.58. The van der Waals surface area contributed by atoms with Crippen LogP contribution in [-0.2, 0) is 4.79 Å². The largest absolute Gasteiger partial charge is 0.481 e. The van der Waals surface area contributed by atoms with Crippen LogP contribution in [0.15, 0.2) is 0 Å². The molecule has 1 atom stereocenters. The van der Waals surface area contributed by atoms with E-state index in [1.165, 1.54) is 0 Å². The molecule has 16 heavy (non-hydrogen) atoms. The van der Waals surface area contributed by atoms with Crippen molar-refractivity contribution in [1.82, 2.24) is 10.6 Å². The van der Waals surface area contributed by atoms with Crippen molar-refractivity contribution >= 4 is 12.0 Å². The fourth-order valence-electron chi connectivity index (χ4n) is 1.57. The summed E-state index contributed by atoms with van der Waals surface area (Å²) in [4.78, 5) is 22.2. The maximum atomic E-state index is 11.6. The van der Waals surface area contributed by atoms with Crippen molar-refractivity contribution < 1.29 is 14.7 Å². The van der Waals surface area contributed by atoms with Gasteiger partial charge in [-0.15, -0.1) is 0 Å². The standard InChI is InChI=1S/C11H20N2O3/c1-11(2,3)13-10(16)12-8(6-9(14)15)7-4-5-7/h7-8H,4-6H2,1-3H3,(H,14,15)(H2,12,13,16). The molecule has 0 radical (unpaired) electrons. The van der Waals surface area contributed by atoms with Gasteiger partial charge in [-0.1, -0.05) is 0 Å². The first kappa shape index (κ1) is 12.8.